The van der Waals surface area contributed by atoms with Crippen molar-refractivity contribution in [3.63, 3.8) is 0 Å². The number of halogens is 1. The summed E-state index contributed by atoms with van der Waals surface area (Å²) in [5.74, 6) is 0.185. The van der Waals surface area contributed by atoms with Crippen molar-refractivity contribution in [1.29, 1.82) is 0 Å². The van der Waals surface area contributed by atoms with E-state index in [0.29, 0.717) is 19.0 Å². The van der Waals surface area contributed by atoms with Crippen LogP contribution in [0.25, 0.3) is 0 Å². The molecule has 2 amide bonds. The third-order valence-electron chi connectivity index (χ3n) is 6.14. The minimum atomic E-state index is -0.287. The monoisotopic (exact) mass is 394 g/mol. The van der Waals surface area contributed by atoms with Crippen molar-refractivity contribution < 1.29 is 14.0 Å². The van der Waals surface area contributed by atoms with Crippen LogP contribution in [-0.2, 0) is 22.6 Å². The maximum absolute atomic E-state index is 13.1. The summed E-state index contributed by atoms with van der Waals surface area (Å²) in [5.41, 5.74) is 2.24. The molecule has 2 aliphatic rings. The van der Waals surface area contributed by atoms with Crippen LogP contribution in [0.1, 0.15) is 30.4 Å². The molecule has 2 aliphatic heterocycles. The van der Waals surface area contributed by atoms with Gasteiger partial charge in [-0.05, 0) is 48.4 Å². The fourth-order valence-corrected chi connectivity index (χ4v) is 4.46. The van der Waals surface area contributed by atoms with Crippen LogP contribution in [0.15, 0.2) is 54.6 Å². The molecule has 2 heterocycles. The summed E-state index contributed by atoms with van der Waals surface area (Å²) >= 11 is 0. The zero-order valence-corrected chi connectivity index (χ0v) is 16.6. The van der Waals surface area contributed by atoms with Gasteiger partial charge in [-0.3, -0.25) is 9.59 Å². The summed E-state index contributed by atoms with van der Waals surface area (Å²) in [4.78, 5) is 29.0. The van der Waals surface area contributed by atoms with Crippen molar-refractivity contribution in [2.45, 2.75) is 32.2 Å². The first kappa shape index (κ1) is 19.6. The Morgan fingerprint density at radius 3 is 2.34 bits per heavy atom. The van der Waals surface area contributed by atoms with Gasteiger partial charge in [0.1, 0.15) is 5.82 Å². The molecule has 0 spiro atoms. The molecule has 0 bridgehead atoms. The van der Waals surface area contributed by atoms with Crippen molar-refractivity contribution in [3.05, 3.63) is 71.5 Å². The SMILES string of the molecule is O=C1C[C@H](C(=O)N2CCC(Cc3ccccc3)CC2)CN1Cc1ccc(F)cc1. The van der Waals surface area contributed by atoms with Crippen LogP contribution in [-0.4, -0.2) is 41.2 Å². The van der Waals surface area contributed by atoms with Crippen molar-refractivity contribution in [2.24, 2.45) is 11.8 Å². The molecule has 0 aromatic heterocycles. The third-order valence-corrected chi connectivity index (χ3v) is 6.14. The van der Waals surface area contributed by atoms with Gasteiger partial charge < -0.3 is 9.80 Å². The van der Waals surface area contributed by atoms with Crippen molar-refractivity contribution >= 4 is 11.8 Å². The Labute approximate surface area is 171 Å². The molecule has 4 rings (SSSR count). The molecule has 2 saturated heterocycles. The van der Waals surface area contributed by atoms with Crippen molar-refractivity contribution in [1.82, 2.24) is 9.80 Å². The third kappa shape index (κ3) is 4.84. The van der Waals surface area contributed by atoms with E-state index in [1.54, 1.807) is 17.0 Å². The van der Waals surface area contributed by atoms with E-state index in [1.165, 1.54) is 17.7 Å². The van der Waals surface area contributed by atoms with Crippen LogP contribution in [0.2, 0.25) is 0 Å². The number of piperidine rings is 1. The Morgan fingerprint density at radius 1 is 0.966 bits per heavy atom. The Balaban J connectivity index is 1.28. The van der Waals surface area contributed by atoms with Gasteiger partial charge in [-0.15, -0.1) is 0 Å². The Bertz CT molecular complexity index is 845. The highest BCUT2D eigenvalue weighted by atomic mass is 19.1. The van der Waals surface area contributed by atoms with Crippen LogP contribution < -0.4 is 0 Å². The smallest absolute Gasteiger partial charge is 0.227 e. The summed E-state index contributed by atoms with van der Waals surface area (Å²) < 4.78 is 13.1. The van der Waals surface area contributed by atoms with Gasteiger partial charge >= 0.3 is 0 Å². The maximum Gasteiger partial charge on any atom is 0.227 e. The van der Waals surface area contributed by atoms with Crippen LogP contribution in [0.3, 0.4) is 0 Å². The van der Waals surface area contributed by atoms with Crippen LogP contribution in [0.4, 0.5) is 4.39 Å². The zero-order chi connectivity index (χ0) is 20.2. The molecule has 2 aromatic rings. The maximum atomic E-state index is 13.1. The fourth-order valence-electron chi connectivity index (χ4n) is 4.46. The minimum Gasteiger partial charge on any atom is -0.342 e. The Hall–Kier alpha value is -2.69. The van der Waals surface area contributed by atoms with E-state index in [0.717, 1.165) is 37.9 Å². The standard InChI is InChI=1S/C24H27FN2O2/c25-22-8-6-20(7-9-22)16-27-17-21(15-23(27)28)24(29)26-12-10-19(11-13-26)14-18-4-2-1-3-5-18/h1-9,19,21H,10-17H2/t21-/m0/s1. The highest BCUT2D eigenvalue weighted by Crippen LogP contribution is 2.26. The van der Waals surface area contributed by atoms with E-state index >= 15 is 0 Å². The van der Waals surface area contributed by atoms with Gasteiger partial charge in [-0.1, -0.05) is 42.5 Å². The molecule has 152 valence electrons. The Kier molecular flexibility index (Phi) is 5.93. The molecular formula is C24H27FN2O2. The lowest BCUT2D eigenvalue weighted by atomic mass is 9.89. The first-order chi connectivity index (χ1) is 14.1. The van der Waals surface area contributed by atoms with Crippen LogP contribution in [0, 0.1) is 17.7 Å². The number of likely N-dealkylation sites (tertiary alicyclic amines) is 2. The summed E-state index contributed by atoms with van der Waals surface area (Å²) in [5, 5.41) is 0. The number of hydrogen-bond donors (Lipinski definition) is 0. The zero-order valence-electron chi connectivity index (χ0n) is 16.6. The second kappa shape index (κ2) is 8.76. The second-order valence-corrected chi connectivity index (χ2v) is 8.26. The van der Waals surface area contributed by atoms with Crippen molar-refractivity contribution in [2.75, 3.05) is 19.6 Å². The lowest BCUT2D eigenvalue weighted by Gasteiger charge is -2.33. The van der Waals surface area contributed by atoms with E-state index < -0.39 is 0 Å². The molecule has 29 heavy (non-hydrogen) atoms. The topological polar surface area (TPSA) is 40.6 Å². The number of hydrogen-bond acceptors (Lipinski definition) is 2. The summed E-state index contributed by atoms with van der Waals surface area (Å²) in [6.45, 7) is 2.44. The highest BCUT2D eigenvalue weighted by molar-refractivity contribution is 5.89. The van der Waals surface area contributed by atoms with Crippen molar-refractivity contribution in [3.8, 4) is 0 Å². The molecule has 0 aliphatic carbocycles. The quantitative estimate of drug-likeness (QED) is 0.777. The molecule has 5 heteroatoms. The molecular weight excluding hydrogens is 367 g/mol. The number of carbonyl (C=O) groups is 2. The first-order valence-corrected chi connectivity index (χ1v) is 10.4. The second-order valence-electron chi connectivity index (χ2n) is 8.26. The predicted molar refractivity (Wildman–Crippen MR) is 109 cm³/mol. The molecule has 0 saturated carbocycles. The van der Waals surface area contributed by atoms with Crippen LogP contribution in [0.5, 0.6) is 0 Å². The lowest BCUT2D eigenvalue weighted by molar-refractivity contribution is -0.137. The van der Waals surface area contributed by atoms with E-state index in [9.17, 15) is 14.0 Å². The number of carbonyl (C=O) groups excluding carboxylic acids is 2. The molecule has 0 unspecified atom stereocenters. The summed E-state index contributed by atoms with van der Waals surface area (Å²) in [6.07, 6.45) is 3.38. The predicted octanol–water partition coefficient (Wildman–Crippen LogP) is 3.66. The molecule has 4 nitrogen and oxygen atoms in total. The van der Waals surface area contributed by atoms with Gasteiger partial charge in [0.25, 0.3) is 0 Å². The highest BCUT2D eigenvalue weighted by Gasteiger charge is 2.37. The number of benzene rings is 2. The number of rotatable bonds is 5. The molecule has 0 radical (unpaired) electrons. The molecule has 2 aromatic carbocycles. The average molecular weight is 394 g/mol. The van der Waals surface area contributed by atoms with Gasteiger partial charge in [0.05, 0.1) is 5.92 Å². The summed E-state index contributed by atoms with van der Waals surface area (Å²) in [7, 11) is 0. The van der Waals surface area contributed by atoms with E-state index in [4.69, 9.17) is 0 Å². The normalized spacial score (nSPS) is 20.3. The van der Waals surface area contributed by atoms with Crippen LogP contribution >= 0.6 is 0 Å². The number of nitrogens with zero attached hydrogens (tertiary/aromatic N) is 2. The van der Waals surface area contributed by atoms with E-state index in [2.05, 4.69) is 24.3 Å². The van der Waals surface area contributed by atoms with Gasteiger partial charge in [0, 0.05) is 32.6 Å². The Morgan fingerprint density at radius 2 is 1.66 bits per heavy atom. The lowest BCUT2D eigenvalue weighted by Crippen LogP contribution is -2.42. The fraction of sp³-hybridized carbons (Fsp3) is 0.417. The number of amides is 2. The van der Waals surface area contributed by atoms with Gasteiger partial charge in [0.15, 0.2) is 0 Å². The molecule has 2 fully saturated rings. The van der Waals surface area contributed by atoms with Gasteiger partial charge in [0.2, 0.25) is 11.8 Å². The molecule has 1 atom stereocenters. The largest absolute Gasteiger partial charge is 0.342 e. The minimum absolute atomic E-state index is 0.00615. The van der Waals surface area contributed by atoms with E-state index in [-0.39, 0.29) is 30.0 Å². The average Bonchev–Trinajstić information content (AvgIpc) is 3.11. The first-order valence-electron chi connectivity index (χ1n) is 10.4. The summed E-state index contributed by atoms with van der Waals surface area (Å²) in [6, 6.07) is 16.7. The van der Waals surface area contributed by atoms with Gasteiger partial charge in [-0.25, -0.2) is 4.39 Å². The van der Waals surface area contributed by atoms with E-state index in [1.807, 2.05) is 11.0 Å². The van der Waals surface area contributed by atoms with Gasteiger partial charge in [-0.2, -0.15) is 0 Å². The molecule has 0 N–H and O–H groups in total.